The largest absolute Gasteiger partial charge is 0.480 e. The van der Waals surface area contributed by atoms with Crippen LogP contribution >= 0.6 is 0 Å². The molecular formula is C7H13N3O4. The van der Waals surface area contributed by atoms with Gasteiger partial charge in [-0.2, -0.15) is 0 Å². The number of hydrogen-bond donors (Lipinski definition) is 3. The van der Waals surface area contributed by atoms with Gasteiger partial charge in [-0.3, -0.25) is 19.3 Å². The monoisotopic (exact) mass is 203 g/mol. The molecule has 0 spiro atoms. The maximum absolute atomic E-state index is 10.5. The molecule has 0 aromatic rings. The summed E-state index contributed by atoms with van der Waals surface area (Å²) < 4.78 is 0. The Hall–Kier alpha value is -1.63. The van der Waals surface area contributed by atoms with Crippen LogP contribution in [0.3, 0.4) is 0 Å². The third-order valence-corrected chi connectivity index (χ3v) is 1.41. The lowest BCUT2D eigenvalue weighted by Crippen LogP contribution is -2.39. The van der Waals surface area contributed by atoms with E-state index in [1.54, 1.807) is 0 Å². The van der Waals surface area contributed by atoms with Crippen LogP contribution in [-0.2, 0) is 14.4 Å². The highest BCUT2D eigenvalue weighted by atomic mass is 16.4. The fourth-order valence-electron chi connectivity index (χ4n) is 0.894. The summed E-state index contributed by atoms with van der Waals surface area (Å²) in [7, 11) is 0. The third kappa shape index (κ3) is 7.04. The summed E-state index contributed by atoms with van der Waals surface area (Å²) in [4.78, 5) is 32.5. The molecule has 0 aliphatic heterocycles. The third-order valence-electron chi connectivity index (χ3n) is 1.41. The van der Waals surface area contributed by atoms with Crippen LogP contribution in [0.1, 0.15) is 6.42 Å². The number of hydrogen-bond acceptors (Lipinski definition) is 4. The van der Waals surface area contributed by atoms with Crippen molar-refractivity contribution < 1.29 is 19.5 Å². The van der Waals surface area contributed by atoms with Crippen LogP contribution < -0.4 is 11.5 Å². The van der Waals surface area contributed by atoms with Gasteiger partial charge < -0.3 is 16.6 Å². The first kappa shape index (κ1) is 12.4. The van der Waals surface area contributed by atoms with Crippen LogP contribution in [-0.4, -0.2) is 47.4 Å². The van der Waals surface area contributed by atoms with E-state index < -0.39 is 17.8 Å². The Balaban J connectivity index is 4.03. The van der Waals surface area contributed by atoms with Crippen LogP contribution in [0.15, 0.2) is 0 Å². The second-order valence-electron chi connectivity index (χ2n) is 2.79. The number of aliphatic carboxylic acids is 1. The van der Waals surface area contributed by atoms with Gasteiger partial charge >= 0.3 is 5.97 Å². The highest BCUT2D eigenvalue weighted by Gasteiger charge is 2.12. The summed E-state index contributed by atoms with van der Waals surface area (Å²) in [6.07, 6.45) is 0.000556. The molecule has 0 aliphatic rings. The molecule has 7 heteroatoms. The summed E-state index contributed by atoms with van der Waals surface area (Å²) in [5, 5.41) is 8.45. The van der Waals surface area contributed by atoms with Gasteiger partial charge in [0, 0.05) is 13.0 Å². The number of carboxylic acids is 1. The molecular weight excluding hydrogens is 190 g/mol. The molecule has 0 heterocycles. The molecule has 0 aromatic carbocycles. The van der Waals surface area contributed by atoms with E-state index in [-0.39, 0.29) is 26.1 Å². The number of nitrogens with zero attached hydrogens (tertiary/aromatic N) is 1. The molecule has 0 radical (unpaired) electrons. The number of amides is 2. The Bertz CT molecular complexity index is 225. The molecule has 7 nitrogen and oxygen atoms in total. The summed E-state index contributed by atoms with van der Waals surface area (Å²) in [6, 6.07) is 0. The molecule has 14 heavy (non-hydrogen) atoms. The zero-order valence-corrected chi connectivity index (χ0v) is 7.60. The summed E-state index contributed by atoms with van der Waals surface area (Å²) in [5.41, 5.74) is 9.76. The fraction of sp³-hybridized carbons (Fsp3) is 0.571. The van der Waals surface area contributed by atoms with Crippen LogP contribution in [0.2, 0.25) is 0 Å². The first-order valence-electron chi connectivity index (χ1n) is 3.92. The van der Waals surface area contributed by atoms with Crippen molar-refractivity contribution in [3.05, 3.63) is 0 Å². The lowest BCUT2D eigenvalue weighted by atomic mass is 10.3. The molecule has 0 fully saturated rings. The Labute approximate surface area is 80.6 Å². The standard InChI is InChI=1S/C7H13N3O4/c8-5(11)1-2-10(3-6(9)12)4-7(13)14/h1-4H2,(H2,8,11)(H2,9,12)(H,13,14). The minimum atomic E-state index is -1.09. The van der Waals surface area contributed by atoms with E-state index in [1.165, 1.54) is 4.90 Å². The van der Waals surface area contributed by atoms with Crippen molar-refractivity contribution in [3.8, 4) is 0 Å². The molecule has 0 bridgehead atoms. The van der Waals surface area contributed by atoms with Gasteiger partial charge in [0.05, 0.1) is 13.1 Å². The van der Waals surface area contributed by atoms with Crippen LogP contribution in [0.4, 0.5) is 0 Å². The SMILES string of the molecule is NC(=O)CCN(CC(N)=O)CC(=O)O. The van der Waals surface area contributed by atoms with Gasteiger partial charge in [0.2, 0.25) is 11.8 Å². The molecule has 0 atom stereocenters. The van der Waals surface area contributed by atoms with Gasteiger partial charge in [-0.25, -0.2) is 0 Å². The lowest BCUT2D eigenvalue weighted by Gasteiger charge is -2.16. The van der Waals surface area contributed by atoms with E-state index >= 15 is 0 Å². The lowest BCUT2D eigenvalue weighted by molar-refractivity contribution is -0.139. The van der Waals surface area contributed by atoms with Crippen molar-refractivity contribution in [2.45, 2.75) is 6.42 Å². The first-order chi connectivity index (χ1) is 6.41. The average Bonchev–Trinajstić information content (AvgIpc) is 1.97. The van der Waals surface area contributed by atoms with Crippen LogP contribution in [0.25, 0.3) is 0 Å². The van der Waals surface area contributed by atoms with Crippen molar-refractivity contribution in [1.82, 2.24) is 4.90 Å². The van der Waals surface area contributed by atoms with Gasteiger partial charge in [0.15, 0.2) is 0 Å². The van der Waals surface area contributed by atoms with Crippen molar-refractivity contribution in [2.24, 2.45) is 11.5 Å². The van der Waals surface area contributed by atoms with E-state index in [1.807, 2.05) is 0 Å². The number of carboxylic acid groups (broad SMARTS) is 1. The van der Waals surface area contributed by atoms with E-state index in [2.05, 4.69) is 0 Å². The molecule has 80 valence electrons. The number of carbonyl (C=O) groups excluding carboxylic acids is 2. The Morgan fingerprint density at radius 1 is 1.07 bits per heavy atom. The zero-order chi connectivity index (χ0) is 11.1. The fourth-order valence-corrected chi connectivity index (χ4v) is 0.894. The average molecular weight is 203 g/mol. The molecule has 0 unspecified atom stereocenters. The molecule has 5 N–H and O–H groups in total. The topological polar surface area (TPSA) is 127 Å². The molecule has 2 amide bonds. The first-order valence-corrected chi connectivity index (χ1v) is 3.92. The van der Waals surface area contributed by atoms with E-state index in [4.69, 9.17) is 16.6 Å². The summed E-state index contributed by atoms with van der Waals surface area (Å²) in [6.45, 7) is -0.416. The van der Waals surface area contributed by atoms with Gasteiger partial charge in [0.25, 0.3) is 0 Å². The van der Waals surface area contributed by atoms with Crippen molar-refractivity contribution in [1.29, 1.82) is 0 Å². The highest BCUT2D eigenvalue weighted by Crippen LogP contribution is 1.90. The number of carbonyl (C=O) groups is 3. The minimum absolute atomic E-state index is 0.000556. The van der Waals surface area contributed by atoms with Gasteiger partial charge in [-0.1, -0.05) is 0 Å². The maximum atomic E-state index is 10.5. The second-order valence-corrected chi connectivity index (χ2v) is 2.79. The zero-order valence-electron chi connectivity index (χ0n) is 7.60. The van der Waals surface area contributed by atoms with Gasteiger partial charge in [-0.15, -0.1) is 0 Å². The normalized spacial score (nSPS) is 10.1. The molecule has 0 aliphatic carbocycles. The van der Waals surface area contributed by atoms with Crippen LogP contribution in [0.5, 0.6) is 0 Å². The summed E-state index contributed by atoms with van der Waals surface area (Å²) in [5.74, 6) is -2.28. The highest BCUT2D eigenvalue weighted by molar-refractivity contribution is 5.77. The summed E-state index contributed by atoms with van der Waals surface area (Å²) >= 11 is 0. The molecule has 0 saturated heterocycles. The van der Waals surface area contributed by atoms with E-state index in [0.717, 1.165) is 0 Å². The van der Waals surface area contributed by atoms with Crippen molar-refractivity contribution in [2.75, 3.05) is 19.6 Å². The maximum Gasteiger partial charge on any atom is 0.317 e. The predicted octanol–water partition coefficient (Wildman–Crippen LogP) is -2.27. The Morgan fingerprint density at radius 3 is 2.00 bits per heavy atom. The van der Waals surface area contributed by atoms with Crippen LogP contribution in [0, 0.1) is 0 Å². The van der Waals surface area contributed by atoms with Gasteiger partial charge in [0.1, 0.15) is 0 Å². The Kier molecular flexibility index (Phi) is 5.23. The van der Waals surface area contributed by atoms with Gasteiger partial charge in [-0.05, 0) is 0 Å². The smallest absolute Gasteiger partial charge is 0.317 e. The number of rotatable bonds is 7. The molecule has 0 aromatic heterocycles. The minimum Gasteiger partial charge on any atom is -0.480 e. The second kappa shape index (κ2) is 5.92. The quantitative estimate of drug-likeness (QED) is 0.430. The number of primary amides is 2. The predicted molar refractivity (Wildman–Crippen MR) is 47.1 cm³/mol. The number of nitrogens with two attached hydrogens (primary N) is 2. The Morgan fingerprint density at radius 2 is 1.64 bits per heavy atom. The van der Waals surface area contributed by atoms with Crippen molar-refractivity contribution in [3.63, 3.8) is 0 Å². The van der Waals surface area contributed by atoms with E-state index in [0.29, 0.717) is 0 Å². The van der Waals surface area contributed by atoms with Crippen molar-refractivity contribution >= 4 is 17.8 Å². The van der Waals surface area contributed by atoms with E-state index in [9.17, 15) is 14.4 Å². The molecule has 0 saturated carbocycles. The molecule has 0 rings (SSSR count).